The molecule has 0 saturated heterocycles. The first-order valence-electron chi connectivity index (χ1n) is 26.5. The van der Waals surface area contributed by atoms with Crippen LogP contribution in [0.25, 0.3) is 11.1 Å². The van der Waals surface area contributed by atoms with Crippen LogP contribution in [0, 0.1) is 53.7 Å². The summed E-state index contributed by atoms with van der Waals surface area (Å²) in [5.74, 6) is 1.81. The smallest absolute Gasteiger partial charge is 0.0134 e. The summed E-state index contributed by atoms with van der Waals surface area (Å²) in [5, 5.41) is 10.9. The third-order valence-corrected chi connectivity index (χ3v) is 18.9. The van der Waals surface area contributed by atoms with Crippen LogP contribution < -0.4 is 37.1 Å². The fourth-order valence-corrected chi connectivity index (χ4v) is 13.8. The van der Waals surface area contributed by atoms with Crippen molar-refractivity contribution in [1.82, 2.24) is 0 Å². The van der Waals surface area contributed by atoms with Crippen molar-refractivity contribution in [2.75, 3.05) is 5.32 Å². The number of amides is 1. The van der Waals surface area contributed by atoms with Gasteiger partial charge in [0.1, 0.15) is 46.0 Å². The molecule has 0 aliphatic carbocycles. The van der Waals surface area contributed by atoms with E-state index in [1.54, 1.807) is 12.1 Å². The molecule has 482 valence electrons. The van der Waals surface area contributed by atoms with Gasteiger partial charge in [0.25, 0.3) is 5.91 Å². The predicted octanol–water partition coefficient (Wildman–Crippen LogP) is 18.5. The molecule has 11 rings (SSSR count). The first-order valence-corrected chi connectivity index (χ1v) is 39.4. The van der Waals surface area contributed by atoms with Gasteiger partial charge >= 0.3 is 80.5 Å². The fraction of sp³-hybridized carbons (Fsp3) is 0.0714. The number of anilines is 1. The quantitative estimate of drug-likeness (QED) is 0.0833. The van der Waals surface area contributed by atoms with E-state index in [2.05, 4.69) is 235 Å². The minimum atomic E-state index is -0.895. The van der Waals surface area contributed by atoms with Gasteiger partial charge in [-0.05, 0) is 178 Å². The zero-order valence-electron chi connectivity index (χ0n) is 50.6. The van der Waals surface area contributed by atoms with Gasteiger partial charge in [-0.3, -0.25) is 4.79 Å². The molecule has 1 N–H and O–H groups in total. The second-order valence-corrected chi connectivity index (χ2v) is 26.9. The van der Waals surface area contributed by atoms with E-state index in [9.17, 15) is 13.6 Å². The Kier molecular flexibility index (Phi) is 45.5. The summed E-state index contributed by atoms with van der Waals surface area (Å²) in [6, 6.07) is 80.7. The topological polar surface area (TPSA) is 171 Å². The van der Waals surface area contributed by atoms with Crippen molar-refractivity contribution in [2.45, 2.75) is 34.6 Å². The van der Waals surface area contributed by atoms with Crippen LogP contribution in [0.15, 0.2) is 270 Å². The molecule has 93 heavy (non-hydrogen) atoms. The molecule has 11 nitrogen and oxygen atoms in total. The number of carbonyl (C=O) groups is 1. The van der Waals surface area contributed by atoms with Crippen LogP contribution in [-0.4, -0.2) is 24.4 Å². The molecule has 0 aliphatic rings. The Balaban J connectivity index is 0.000000573. The summed E-state index contributed by atoms with van der Waals surface area (Å²) >= 11 is 10.5. The summed E-state index contributed by atoms with van der Waals surface area (Å²) in [5.41, 5.74) is 1.75. The van der Waals surface area contributed by atoms with Gasteiger partial charge in [0.15, 0.2) is 4.67 Å². The molecule has 11 aromatic rings. The molecule has 3 aromatic heterocycles. The van der Waals surface area contributed by atoms with E-state index in [0.717, 1.165) is 83.0 Å². The van der Waals surface area contributed by atoms with Crippen molar-refractivity contribution >= 4 is 154 Å². The molecular weight excluding hydrogens is 1630 g/mol. The van der Waals surface area contributed by atoms with Crippen LogP contribution in [0.3, 0.4) is 0 Å². The molecule has 0 atom stereocenters. The molecule has 3 heterocycles. The Hall–Kier alpha value is -6.47. The van der Waals surface area contributed by atoms with Gasteiger partial charge in [0.05, 0.1) is 8.95 Å². The van der Waals surface area contributed by atoms with Gasteiger partial charge in [-0.2, -0.15) is 28.8 Å². The van der Waals surface area contributed by atoms with Crippen molar-refractivity contribution in [2.24, 2.45) is 0 Å². The van der Waals surface area contributed by atoms with Gasteiger partial charge in [-0.25, -0.2) is 8.78 Å². The minimum Gasteiger partial charge on any atom is -0.0622 e. The molecule has 8 aromatic carbocycles. The Labute approximate surface area is 598 Å². The average molecular weight is 1690 g/mol. The van der Waals surface area contributed by atoms with E-state index in [0.29, 0.717) is 5.69 Å². The van der Waals surface area contributed by atoms with E-state index in [-0.39, 0.29) is 41.8 Å². The molecule has 0 fully saturated rings. The van der Waals surface area contributed by atoms with Gasteiger partial charge in [-0.1, -0.05) is 200 Å². The predicted molar refractivity (Wildman–Crippen MR) is 372 cm³/mol. The number of rotatable bonds is 9. The number of benzene rings is 8. The maximum Gasteiger partial charge on any atom is -0.0134 e. The number of furan rings is 3. The van der Waals surface area contributed by atoms with Crippen LogP contribution in [-0.2, 0) is 62.0 Å². The summed E-state index contributed by atoms with van der Waals surface area (Å²) in [6.07, 6.45) is 0.750. The van der Waals surface area contributed by atoms with Gasteiger partial charge < -0.3 is 26.0 Å². The molecule has 0 radical (unpaired) electrons. The third kappa shape index (κ3) is 31.5. The van der Waals surface area contributed by atoms with Crippen molar-refractivity contribution in [3.63, 3.8) is 0 Å². The molecule has 0 saturated carbocycles. The Morgan fingerprint density at radius 3 is 0.935 bits per heavy atom. The molecular formula is C70H59Br3Cl3F2NO10P2PdZn. The van der Waals surface area contributed by atoms with E-state index in [1.807, 2.05) is 65.0 Å². The standard InChI is InChI=1S/C19H15F2NO2.2C18H15P.C6H7BrO.C5H4Br2O.3CO2.CH3.3ClH.Pd.Zn/c1-11-10-15(12(2)24-11)13-6-8-14(9-7-13)22-19(23)18-16(20)4-3-5-17(18)21;2*1-4-10-16(11-5-1)19(17-12-6-2-7-13-17)18-14-8-3-9-15-18;1-4-3-6(7)5(2)8-4;1-3-2-4(6)5(7)8-3;3*2-1-3;;;;;;/h3-10H,1-2H3,(H,22,23);2*1-15H;3H,1-2H3;2H,1H3;;;;1H3;3*1H;;/q;;;;;;;;-1;;;;2*+2/p-3. The summed E-state index contributed by atoms with van der Waals surface area (Å²) in [4.78, 5) is 60.8. The van der Waals surface area contributed by atoms with E-state index in [4.69, 9.17) is 70.8 Å². The zero-order valence-corrected chi connectivity index (χ0v) is 64.0. The third-order valence-electron chi connectivity index (χ3n) is 11.5. The zero-order chi connectivity index (χ0) is 68.2. The molecule has 0 spiro atoms. The van der Waals surface area contributed by atoms with Crippen molar-refractivity contribution in [1.29, 1.82) is 0 Å². The normalized spacial score (nSPS) is 9.34. The van der Waals surface area contributed by atoms with Crippen LogP contribution >= 0.6 is 92.4 Å². The van der Waals surface area contributed by atoms with E-state index < -0.39 is 38.9 Å². The Morgan fingerprint density at radius 1 is 0.441 bits per heavy atom. The largest absolute Gasteiger partial charge is 0.0622 e. The van der Waals surface area contributed by atoms with Gasteiger partial charge in [0, 0.05) is 11.3 Å². The Bertz CT molecular complexity index is 3510. The van der Waals surface area contributed by atoms with E-state index in [1.165, 1.54) is 37.9 Å². The van der Waals surface area contributed by atoms with Crippen LogP contribution in [0.5, 0.6) is 0 Å². The Morgan fingerprint density at radius 2 is 0.720 bits per heavy atom. The number of halogens is 8. The first-order chi connectivity index (χ1) is 44.4. The van der Waals surface area contributed by atoms with Gasteiger partial charge in [0.2, 0.25) is 0 Å². The average Bonchev–Trinajstić information content (AvgIpc) is 1.67. The molecule has 1 amide bonds. The number of hydrogen-bond donors (Lipinski definition) is 1. The molecule has 23 heteroatoms. The number of nitrogens with one attached hydrogen (secondary N) is 1. The van der Waals surface area contributed by atoms with Crippen LogP contribution in [0.2, 0.25) is 0 Å². The maximum absolute atomic E-state index is 13.6. The maximum atomic E-state index is 13.6. The van der Waals surface area contributed by atoms with E-state index >= 15 is 0 Å². The van der Waals surface area contributed by atoms with Gasteiger partial charge in [-0.15, -0.1) is 0 Å². The second kappa shape index (κ2) is 50.0. The molecule has 0 aliphatic heterocycles. The first kappa shape index (κ1) is 84.5. The summed E-state index contributed by atoms with van der Waals surface area (Å²) in [6.45, 7) is 9.50. The summed E-state index contributed by atoms with van der Waals surface area (Å²) in [7, 11) is 13.5. The number of carbonyl (C=O) groups excluding carboxylic acids is 7. The van der Waals surface area contributed by atoms with Crippen LogP contribution in [0.1, 0.15) is 39.2 Å². The van der Waals surface area contributed by atoms with Crippen molar-refractivity contribution < 1.29 is 88.8 Å². The number of aryl methyl sites for hydroxylation is 5. The second-order valence-electron chi connectivity index (χ2n) is 17.7. The minimum absolute atomic E-state index is 0. The summed E-state index contributed by atoms with van der Waals surface area (Å²) < 4.78 is 45.8. The van der Waals surface area contributed by atoms with Crippen molar-refractivity contribution in [3.8, 4) is 11.1 Å². The van der Waals surface area contributed by atoms with Crippen LogP contribution in [0.4, 0.5) is 14.5 Å². The monoisotopic (exact) mass is 1680 g/mol. The molecule has 0 bridgehead atoms. The van der Waals surface area contributed by atoms with Crippen molar-refractivity contribution in [3.05, 3.63) is 310 Å². The number of hydrogen-bond acceptors (Lipinski definition) is 10. The molecule has 0 unspecified atom stereocenters. The SMILES string of the molecule is Cc1cc(-c2ccc(NC(=O)c3c(F)cccc3F)cc2)c(C)o1.Cc1cc(Br)c(Br)o1.Cc1cc(Br)c(C)o1.O=C=O.O=C=O.O=C=O.[CH3-].[Cl][Pd][Cl].[Cl][Zn+].c1ccc(P(c2ccccc2)c2ccccc2)cc1.c1ccc(P(c2ccccc2)c2ccccc2)cc1. The fourth-order valence-electron chi connectivity index (χ4n) is 7.97.